The van der Waals surface area contributed by atoms with E-state index in [4.69, 9.17) is 4.74 Å². The van der Waals surface area contributed by atoms with Crippen molar-refractivity contribution in [2.45, 2.75) is 32.9 Å². The third-order valence-corrected chi connectivity index (χ3v) is 3.05. The second-order valence-electron chi connectivity index (χ2n) is 4.53. The van der Waals surface area contributed by atoms with Crippen LogP contribution in [-0.2, 0) is 6.54 Å². The number of rotatable bonds is 5. The lowest BCUT2D eigenvalue weighted by Gasteiger charge is -2.16. The Morgan fingerprint density at radius 2 is 2.21 bits per heavy atom. The van der Waals surface area contributed by atoms with E-state index in [2.05, 4.69) is 17.2 Å². The van der Waals surface area contributed by atoms with E-state index in [0.717, 1.165) is 24.1 Å². The van der Waals surface area contributed by atoms with Crippen LogP contribution in [0.1, 0.15) is 36.3 Å². The van der Waals surface area contributed by atoms with Gasteiger partial charge in [0.15, 0.2) is 0 Å². The van der Waals surface area contributed by atoms with Crippen molar-refractivity contribution in [3.8, 4) is 5.75 Å². The third kappa shape index (κ3) is 2.76. The highest BCUT2D eigenvalue weighted by molar-refractivity contribution is 5.41. The maximum absolute atomic E-state index is 10.5. The van der Waals surface area contributed by atoms with Crippen LogP contribution in [0.25, 0.3) is 0 Å². The quantitative estimate of drug-likeness (QED) is 0.895. The Balaban J connectivity index is 2.38. The Bertz CT molecular complexity index is 551. The maximum atomic E-state index is 10.5. The van der Waals surface area contributed by atoms with E-state index in [0.29, 0.717) is 11.4 Å². The minimum atomic E-state index is -0.780. The predicted molar refractivity (Wildman–Crippen MR) is 72.1 cm³/mol. The highest BCUT2D eigenvalue weighted by Crippen LogP contribution is 2.30. The van der Waals surface area contributed by atoms with Crippen LogP contribution in [0.5, 0.6) is 5.75 Å². The number of methoxy groups -OCH3 is 1. The zero-order chi connectivity index (χ0) is 13.8. The topological polar surface area (TPSA) is 60.2 Å². The lowest BCUT2D eigenvalue weighted by atomic mass is 10.0. The lowest BCUT2D eigenvalue weighted by molar-refractivity contribution is 0.202. The van der Waals surface area contributed by atoms with Crippen molar-refractivity contribution in [3.63, 3.8) is 0 Å². The maximum Gasteiger partial charge on any atom is 0.126 e. The molecule has 5 nitrogen and oxygen atoms in total. The van der Waals surface area contributed by atoms with Gasteiger partial charge in [-0.3, -0.25) is 0 Å². The molecule has 1 N–H and O–H groups in total. The van der Waals surface area contributed by atoms with E-state index in [1.54, 1.807) is 18.0 Å². The van der Waals surface area contributed by atoms with Crippen molar-refractivity contribution in [2.24, 2.45) is 0 Å². The first-order valence-corrected chi connectivity index (χ1v) is 6.38. The molecular weight excluding hydrogens is 242 g/mol. The van der Waals surface area contributed by atoms with Gasteiger partial charge in [-0.1, -0.05) is 24.3 Å². The molecule has 102 valence electrons. The van der Waals surface area contributed by atoms with Gasteiger partial charge in [0, 0.05) is 12.1 Å². The fraction of sp³-hybridized carbons (Fsp3) is 0.429. The summed E-state index contributed by atoms with van der Waals surface area (Å²) in [6.45, 7) is 4.78. The zero-order valence-electron chi connectivity index (χ0n) is 11.5. The summed E-state index contributed by atoms with van der Waals surface area (Å²) in [4.78, 5) is 0. The van der Waals surface area contributed by atoms with E-state index in [9.17, 15) is 5.11 Å². The number of aliphatic hydroxyl groups excluding tert-OH is 1. The molecular formula is C14H19N3O2. The summed E-state index contributed by atoms with van der Waals surface area (Å²) < 4.78 is 7.06. The van der Waals surface area contributed by atoms with Crippen LogP contribution in [0.15, 0.2) is 24.4 Å². The molecule has 0 fully saturated rings. The third-order valence-electron chi connectivity index (χ3n) is 3.05. The van der Waals surface area contributed by atoms with Gasteiger partial charge < -0.3 is 9.84 Å². The Morgan fingerprint density at radius 1 is 1.42 bits per heavy atom. The molecule has 1 unspecified atom stereocenters. The fourth-order valence-electron chi connectivity index (χ4n) is 2.07. The minimum Gasteiger partial charge on any atom is -0.496 e. The monoisotopic (exact) mass is 261 g/mol. The second kappa shape index (κ2) is 5.84. The summed E-state index contributed by atoms with van der Waals surface area (Å²) in [5.41, 5.74) is 2.50. The average Bonchev–Trinajstić information content (AvgIpc) is 2.86. The van der Waals surface area contributed by atoms with E-state index < -0.39 is 6.10 Å². The largest absolute Gasteiger partial charge is 0.496 e. The molecule has 1 atom stereocenters. The summed E-state index contributed by atoms with van der Waals surface area (Å²) >= 11 is 0. The second-order valence-corrected chi connectivity index (χ2v) is 4.53. The molecule has 0 amide bonds. The van der Waals surface area contributed by atoms with Crippen LogP contribution in [0, 0.1) is 6.92 Å². The highest BCUT2D eigenvalue weighted by Gasteiger charge is 2.19. The van der Waals surface area contributed by atoms with E-state index in [-0.39, 0.29) is 0 Å². The van der Waals surface area contributed by atoms with Crippen molar-refractivity contribution in [1.29, 1.82) is 0 Å². The van der Waals surface area contributed by atoms with Crippen LogP contribution < -0.4 is 4.74 Å². The van der Waals surface area contributed by atoms with Crippen LogP contribution in [0.3, 0.4) is 0 Å². The first-order valence-electron chi connectivity index (χ1n) is 6.38. The molecule has 1 aromatic heterocycles. The minimum absolute atomic E-state index is 0.678. The van der Waals surface area contributed by atoms with E-state index in [1.165, 1.54) is 0 Å². The molecule has 0 aliphatic rings. The molecule has 0 radical (unpaired) electrons. The van der Waals surface area contributed by atoms with Gasteiger partial charge in [-0.05, 0) is 25.0 Å². The Labute approximate surface area is 112 Å². The number of benzene rings is 1. The van der Waals surface area contributed by atoms with Crippen molar-refractivity contribution in [2.75, 3.05) is 7.11 Å². The average molecular weight is 261 g/mol. The van der Waals surface area contributed by atoms with Crippen LogP contribution in [0.2, 0.25) is 0 Å². The molecule has 0 saturated carbocycles. The molecule has 2 aromatic rings. The molecule has 1 aromatic carbocycles. The van der Waals surface area contributed by atoms with Gasteiger partial charge in [0.2, 0.25) is 0 Å². The molecule has 1 heterocycles. The zero-order valence-corrected chi connectivity index (χ0v) is 11.5. The van der Waals surface area contributed by atoms with Crippen LogP contribution >= 0.6 is 0 Å². The number of hydrogen-bond acceptors (Lipinski definition) is 4. The van der Waals surface area contributed by atoms with Gasteiger partial charge in [0.25, 0.3) is 0 Å². The van der Waals surface area contributed by atoms with Gasteiger partial charge in [-0.25, -0.2) is 4.68 Å². The number of nitrogens with zero attached hydrogens (tertiary/aromatic N) is 3. The summed E-state index contributed by atoms with van der Waals surface area (Å²) in [7, 11) is 1.60. The number of aryl methyl sites for hydroxylation is 2. The summed E-state index contributed by atoms with van der Waals surface area (Å²) in [6, 6.07) is 5.74. The highest BCUT2D eigenvalue weighted by atomic mass is 16.5. The van der Waals surface area contributed by atoms with Gasteiger partial charge in [-0.2, -0.15) is 0 Å². The van der Waals surface area contributed by atoms with Crippen molar-refractivity contribution in [3.05, 3.63) is 41.2 Å². The number of aromatic nitrogens is 3. The molecule has 0 saturated heterocycles. The molecule has 0 aliphatic carbocycles. The first kappa shape index (κ1) is 13.5. The molecule has 0 spiro atoms. The summed E-state index contributed by atoms with van der Waals surface area (Å²) in [5.74, 6) is 0.678. The molecule has 0 bridgehead atoms. The van der Waals surface area contributed by atoms with Gasteiger partial charge in [0.1, 0.15) is 11.9 Å². The van der Waals surface area contributed by atoms with Crippen LogP contribution in [0.4, 0.5) is 0 Å². The smallest absolute Gasteiger partial charge is 0.126 e. The molecule has 0 aliphatic heterocycles. The predicted octanol–water partition coefficient (Wildman–Crippen LogP) is 2.09. The SMILES string of the molecule is CCCn1nncc1C(O)c1ccc(C)cc1OC. The molecule has 5 heteroatoms. The lowest BCUT2D eigenvalue weighted by Crippen LogP contribution is -2.11. The van der Waals surface area contributed by atoms with Crippen LogP contribution in [-0.4, -0.2) is 27.2 Å². The van der Waals surface area contributed by atoms with Gasteiger partial charge >= 0.3 is 0 Å². The Morgan fingerprint density at radius 3 is 2.89 bits per heavy atom. The first-order chi connectivity index (χ1) is 9.17. The number of hydrogen-bond donors (Lipinski definition) is 1. The Hall–Kier alpha value is -1.88. The van der Waals surface area contributed by atoms with Crippen molar-refractivity contribution >= 4 is 0 Å². The standard InChI is InChI=1S/C14H19N3O2/c1-4-7-17-12(9-15-16-17)14(18)11-6-5-10(2)8-13(11)19-3/h5-6,8-9,14,18H,4,7H2,1-3H3. The van der Waals surface area contributed by atoms with Gasteiger partial charge in [-0.15, -0.1) is 5.10 Å². The van der Waals surface area contributed by atoms with Crippen molar-refractivity contribution < 1.29 is 9.84 Å². The van der Waals surface area contributed by atoms with Gasteiger partial charge in [0.05, 0.1) is 19.0 Å². The number of ether oxygens (including phenoxy) is 1. The Kier molecular flexibility index (Phi) is 4.16. The fourth-order valence-corrected chi connectivity index (χ4v) is 2.07. The normalized spacial score (nSPS) is 12.4. The van der Waals surface area contributed by atoms with Crippen molar-refractivity contribution in [1.82, 2.24) is 15.0 Å². The number of aliphatic hydroxyl groups is 1. The van der Waals surface area contributed by atoms with E-state index >= 15 is 0 Å². The molecule has 19 heavy (non-hydrogen) atoms. The summed E-state index contributed by atoms with van der Waals surface area (Å²) in [6.07, 6.45) is 1.75. The summed E-state index contributed by atoms with van der Waals surface area (Å²) in [5, 5.41) is 18.4. The molecule has 2 rings (SSSR count). The van der Waals surface area contributed by atoms with E-state index in [1.807, 2.05) is 25.1 Å².